The fourth-order valence-electron chi connectivity index (χ4n) is 2.89. The molecule has 2 rings (SSSR count). The number of nitrogens with one attached hydrogen (secondary N) is 1. The molecule has 0 aromatic heterocycles. The average Bonchev–Trinajstić information content (AvgIpc) is 2.70. The Balaban J connectivity index is 2.00. The van der Waals surface area contributed by atoms with Gasteiger partial charge in [0.05, 0.1) is 6.61 Å². The molecule has 0 radical (unpaired) electrons. The van der Waals surface area contributed by atoms with Crippen LogP contribution < -0.4 is 10.1 Å². The van der Waals surface area contributed by atoms with Crippen molar-refractivity contribution >= 4 is 23.4 Å². The quantitative estimate of drug-likeness (QED) is 0.557. The molecule has 2 aromatic carbocycles. The van der Waals surface area contributed by atoms with Crippen LogP contribution in [0, 0.1) is 5.82 Å². The monoisotopic (exact) mass is 434 g/mol. The van der Waals surface area contributed by atoms with E-state index >= 15 is 0 Å². The summed E-state index contributed by atoms with van der Waals surface area (Å²) >= 11 is 5.85. The molecule has 0 bridgehead atoms. The Kier molecular flexibility index (Phi) is 9.12. The van der Waals surface area contributed by atoms with E-state index in [0.717, 1.165) is 0 Å². The average molecular weight is 435 g/mol. The molecule has 30 heavy (non-hydrogen) atoms. The summed E-state index contributed by atoms with van der Waals surface area (Å²) in [6.07, 6.45) is 0.648. The summed E-state index contributed by atoms with van der Waals surface area (Å²) in [7, 11) is 0. The highest BCUT2D eigenvalue weighted by atomic mass is 35.5. The van der Waals surface area contributed by atoms with Crippen molar-refractivity contribution in [2.24, 2.45) is 0 Å². The molecule has 0 aliphatic carbocycles. The number of hydrogen-bond acceptors (Lipinski definition) is 3. The second kappa shape index (κ2) is 11.6. The molecule has 0 heterocycles. The predicted molar refractivity (Wildman–Crippen MR) is 116 cm³/mol. The highest BCUT2D eigenvalue weighted by molar-refractivity contribution is 6.30. The number of halogens is 2. The molecule has 0 saturated heterocycles. The van der Waals surface area contributed by atoms with Crippen molar-refractivity contribution in [3.8, 4) is 5.75 Å². The van der Waals surface area contributed by atoms with Crippen LogP contribution in [-0.4, -0.2) is 35.4 Å². The van der Waals surface area contributed by atoms with E-state index in [9.17, 15) is 14.0 Å². The van der Waals surface area contributed by atoms with Gasteiger partial charge in [-0.25, -0.2) is 4.39 Å². The number of hydrogen-bond donors (Lipinski definition) is 1. The van der Waals surface area contributed by atoms with Crippen LogP contribution in [0.3, 0.4) is 0 Å². The maximum absolute atomic E-state index is 14.1. The number of rotatable bonds is 10. The van der Waals surface area contributed by atoms with E-state index in [2.05, 4.69) is 5.32 Å². The fourth-order valence-corrected chi connectivity index (χ4v) is 3.01. The van der Waals surface area contributed by atoms with E-state index in [1.165, 1.54) is 11.0 Å². The third-order valence-electron chi connectivity index (χ3n) is 4.51. The summed E-state index contributed by atoms with van der Waals surface area (Å²) in [5.74, 6) is -0.242. The Labute approximate surface area is 182 Å². The van der Waals surface area contributed by atoms with Crippen LogP contribution in [0.5, 0.6) is 5.75 Å². The molecule has 1 N–H and O–H groups in total. The Morgan fingerprint density at radius 2 is 1.77 bits per heavy atom. The minimum Gasteiger partial charge on any atom is -0.494 e. The lowest BCUT2D eigenvalue weighted by molar-refractivity contribution is -0.141. The zero-order chi connectivity index (χ0) is 22.1. The number of carbonyl (C=O) groups excluding carboxylic acids is 2. The zero-order valence-electron chi connectivity index (χ0n) is 17.5. The third-order valence-corrected chi connectivity index (χ3v) is 4.77. The first-order chi connectivity index (χ1) is 14.3. The molecule has 5 nitrogen and oxygen atoms in total. The smallest absolute Gasteiger partial charge is 0.242 e. The lowest BCUT2D eigenvalue weighted by Crippen LogP contribution is -2.49. The summed E-state index contributed by atoms with van der Waals surface area (Å²) in [5.41, 5.74) is 0.368. The van der Waals surface area contributed by atoms with Crippen LogP contribution in [0.1, 0.15) is 39.2 Å². The van der Waals surface area contributed by atoms with Crippen molar-refractivity contribution in [3.63, 3.8) is 0 Å². The summed E-state index contributed by atoms with van der Waals surface area (Å²) in [5, 5.41) is 3.43. The van der Waals surface area contributed by atoms with E-state index in [-0.39, 0.29) is 30.8 Å². The van der Waals surface area contributed by atoms with Gasteiger partial charge in [0.25, 0.3) is 0 Å². The van der Waals surface area contributed by atoms with Crippen LogP contribution in [0.15, 0.2) is 48.5 Å². The van der Waals surface area contributed by atoms with E-state index in [1.807, 2.05) is 13.8 Å². The van der Waals surface area contributed by atoms with Gasteiger partial charge in [0, 0.05) is 29.6 Å². The molecule has 0 aliphatic rings. The van der Waals surface area contributed by atoms with Crippen molar-refractivity contribution in [1.29, 1.82) is 0 Å². The molecule has 162 valence electrons. The minimum absolute atomic E-state index is 0.0240. The highest BCUT2D eigenvalue weighted by Crippen LogP contribution is 2.17. The Hall–Kier alpha value is -2.60. The summed E-state index contributed by atoms with van der Waals surface area (Å²) in [6.45, 7) is 5.72. The first kappa shape index (κ1) is 23.7. The van der Waals surface area contributed by atoms with Crippen molar-refractivity contribution in [3.05, 3.63) is 64.9 Å². The summed E-state index contributed by atoms with van der Waals surface area (Å²) in [6, 6.07) is 12.5. The van der Waals surface area contributed by atoms with Gasteiger partial charge in [-0.2, -0.15) is 0 Å². The predicted octanol–water partition coefficient (Wildman–Crippen LogP) is 4.58. The van der Waals surface area contributed by atoms with E-state index in [4.69, 9.17) is 16.3 Å². The van der Waals surface area contributed by atoms with Crippen LogP contribution in [0.2, 0.25) is 5.02 Å². The van der Waals surface area contributed by atoms with Crippen molar-refractivity contribution in [2.75, 3.05) is 6.61 Å². The Morgan fingerprint density at radius 1 is 1.10 bits per heavy atom. The van der Waals surface area contributed by atoms with Crippen LogP contribution in [0.4, 0.5) is 4.39 Å². The van der Waals surface area contributed by atoms with Crippen LogP contribution >= 0.6 is 11.6 Å². The number of carbonyl (C=O) groups is 2. The van der Waals surface area contributed by atoms with Gasteiger partial charge in [-0.3, -0.25) is 9.59 Å². The Morgan fingerprint density at radius 3 is 2.40 bits per heavy atom. The first-order valence-corrected chi connectivity index (χ1v) is 10.4. The molecule has 1 atom stereocenters. The fraction of sp³-hybridized carbons (Fsp3) is 0.391. The largest absolute Gasteiger partial charge is 0.494 e. The van der Waals surface area contributed by atoms with Crippen molar-refractivity contribution < 1.29 is 18.7 Å². The maximum atomic E-state index is 14.1. The molecule has 1 unspecified atom stereocenters. The molecular formula is C23H28ClFN2O3. The highest BCUT2D eigenvalue weighted by Gasteiger charge is 2.26. The normalized spacial score (nSPS) is 11.8. The molecule has 0 aliphatic heterocycles. The van der Waals surface area contributed by atoms with Crippen molar-refractivity contribution in [2.45, 2.75) is 52.2 Å². The molecule has 0 saturated carbocycles. The van der Waals surface area contributed by atoms with Crippen LogP contribution in [-0.2, 0) is 16.1 Å². The number of ether oxygens (including phenoxy) is 1. The van der Waals surface area contributed by atoms with Crippen molar-refractivity contribution in [1.82, 2.24) is 10.2 Å². The van der Waals surface area contributed by atoms with E-state index in [1.54, 1.807) is 49.4 Å². The number of nitrogens with zero attached hydrogens (tertiary/aromatic N) is 1. The standard InChI is InChI=1S/C23H28ClFN2O3/c1-16(2)26-23(29)17(3)27(15-18-7-4-5-8-21(18)25)22(28)9-6-14-30-20-12-10-19(24)11-13-20/h4-5,7-8,10-13,16-17H,6,9,14-15H2,1-3H3,(H,26,29). The third kappa shape index (κ3) is 7.34. The maximum Gasteiger partial charge on any atom is 0.242 e. The molecule has 2 aromatic rings. The molecule has 7 heteroatoms. The lowest BCUT2D eigenvalue weighted by Gasteiger charge is -2.29. The van der Waals surface area contributed by atoms with Gasteiger partial charge < -0.3 is 15.0 Å². The molecule has 0 spiro atoms. The summed E-state index contributed by atoms with van der Waals surface area (Å²) in [4.78, 5) is 26.8. The lowest BCUT2D eigenvalue weighted by atomic mass is 10.1. The SMILES string of the molecule is CC(C)NC(=O)C(C)N(Cc1ccccc1F)C(=O)CCCOc1ccc(Cl)cc1. The van der Waals surface area contributed by atoms with Gasteiger partial charge in [-0.05, 0) is 57.5 Å². The molecular weight excluding hydrogens is 407 g/mol. The second-order valence-electron chi connectivity index (χ2n) is 7.36. The number of amides is 2. The topological polar surface area (TPSA) is 58.6 Å². The zero-order valence-corrected chi connectivity index (χ0v) is 18.3. The first-order valence-electron chi connectivity index (χ1n) is 9.99. The van der Waals surface area contributed by atoms with Crippen LogP contribution in [0.25, 0.3) is 0 Å². The number of benzene rings is 2. The second-order valence-corrected chi connectivity index (χ2v) is 7.79. The van der Waals surface area contributed by atoms with Gasteiger partial charge in [0.1, 0.15) is 17.6 Å². The molecule has 0 fully saturated rings. The van der Waals surface area contributed by atoms with Gasteiger partial charge in [-0.1, -0.05) is 29.8 Å². The Bertz CT molecular complexity index is 843. The van der Waals surface area contributed by atoms with E-state index in [0.29, 0.717) is 29.4 Å². The van der Waals surface area contributed by atoms with Gasteiger partial charge in [-0.15, -0.1) is 0 Å². The van der Waals surface area contributed by atoms with Gasteiger partial charge >= 0.3 is 0 Å². The van der Waals surface area contributed by atoms with Gasteiger partial charge in [0.2, 0.25) is 11.8 Å². The minimum atomic E-state index is -0.725. The molecule has 2 amide bonds. The summed E-state index contributed by atoms with van der Waals surface area (Å²) < 4.78 is 19.8. The van der Waals surface area contributed by atoms with Gasteiger partial charge in [0.15, 0.2) is 0 Å². The van der Waals surface area contributed by atoms with E-state index < -0.39 is 11.9 Å².